The summed E-state index contributed by atoms with van der Waals surface area (Å²) in [5.41, 5.74) is 2.24. The Hall–Kier alpha value is -3.82. The summed E-state index contributed by atoms with van der Waals surface area (Å²) in [7, 11) is 0. The van der Waals surface area contributed by atoms with Crippen LogP contribution in [0.3, 0.4) is 0 Å². The molecule has 2 atom stereocenters. The molecule has 1 saturated heterocycles. The average molecular weight is 469 g/mol. The second-order valence-corrected chi connectivity index (χ2v) is 8.37. The number of aryl methyl sites for hydroxylation is 1. The molecule has 178 valence electrons. The normalized spacial score (nSPS) is 16.4. The Balaban J connectivity index is 1.44. The number of nitrogens with zero attached hydrogens (tertiary/aromatic N) is 3. The second-order valence-electron chi connectivity index (χ2n) is 8.37. The fraction of sp³-hybridized carbons (Fsp3) is 0.333. The highest BCUT2D eigenvalue weighted by atomic mass is 19.1. The third kappa shape index (κ3) is 5.22. The van der Waals surface area contributed by atoms with Gasteiger partial charge in [0.1, 0.15) is 17.7 Å². The second kappa shape index (κ2) is 9.98. The Labute approximate surface area is 195 Å². The molecule has 1 aromatic heterocycles. The summed E-state index contributed by atoms with van der Waals surface area (Å²) in [6.45, 7) is 3.63. The molecule has 34 heavy (non-hydrogen) atoms. The van der Waals surface area contributed by atoms with Crippen LogP contribution >= 0.6 is 0 Å². The monoisotopic (exact) mass is 469 g/mol. The Morgan fingerprint density at radius 1 is 1.26 bits per heavy atom. The molecular weight excluding hydrogens is 444 g/mol. The van der Waals surface area contributed by atoms with Gasteiger partial charge in [0, 0.05) is 12.8 Å². The van der Waals surface area contributed by atoms with E-state index in [4.69, 9.17) is 4.74 Å². The van der Waals surface area contributed by atoms with E-state index >= 15 is 0 Å². The first kappa shape index (κ1) is 23.3. The molecular formula is C24H25F2N5O3. The van der Waals surface area contributed by atoms with E-state index in [-0.39, 0.29) is 36.2 Å². The van der Waals surface area contributed by atoms with Gasteiger partial charge in [0.15, 0.2) is 0 Å². The van der Waals surface area contributed by atoms with Gasteiger partial charge in [0.25, 0.3) is 0 Å². The molecule has 2 aromatic carbocycles. The molecule has 4 rings (SSSR count). The van der Waals surface area contributed by atoms with Crippen LogP contribution < -0.4 is 10.2 Å². The summed E-state index contributed by atoms with van der Waals surface area (Å²) in [6.07, 6.45) is 2.04. The summed E-state index contributed by atoms with van der Waals surface area (Å²) in [5, 5.41) is 13.1. The van der Waals surface area contributed by atoms with Crippen molar-refractivity contribution in [2.24, 2.45) is 0 Å². The Kier molecular flexibility index (Phi) is 6.85. The first-order chi connectivity index (χ1) is 16.3. The molecule has 0 bridgehead atoms. The lowest BCUT2D eigenvalue weighted by molar-refractivity contribution is -0.119. The summed E-state index contributed by atoms with van der Waals surface area (Å²) >= 11 is 0. The number of anilines is 1. The highest BCUT2D eigenvalue weighted by Gasteiger charge is 2.33. The van der Waals surface area contributed by atoms with Crippen molar-refractivity contribution in [2.45, 2.75) is 38.7 Å². The molecule has 8 nitrogen and oxygen atoms in total. The topological polar surface area (TPSA) is 100 Å². The van der Waals surface area contributed by atoms with E-state index in [0.29, 0.717) is 5.56 Å². The van der Waals surface area contributed by atoms with Gasteiger partial charge in [0.2, 0.25) is 5.91 Å². The number of carbonyl (C=O) groups excluding carboxylic acids is 2. The fourth-order valence-electron chi connectivity index (χ4n) is 3.90. The molecule has 2 amide bonds. The van der Waals surface area contributed by atoms with Crippen molar-refractivity contribution in [1.82, 2.24) is 20.7 Å². The number of carbonyl (C=O) groups is 2. The van der Waals surface area contributed by atoms with Gasteiger partial charge in [-0.25, -0.2) is 13.6 Å². The fourth-order valence-corrected chi connectivity index (χ4v) is 3.90. The Morgan fingerprint density at radius 3 is 2.59 bits per heavy atom. The van der Waals surface area contributed by atoms with Crippen molar-refractivity contribution < 1.29 is 23.1 Å². The van der Waals surface area contributed by atoms with Crippen molar-refractivity contribution in [2.75, 3.05) is 18.0 Å². The maximum Gasteiger partial charge on any atom is 0.414 e. The number of ether oxygens (including phenoxy) is 1. The van der Waals surface area contributed by atoms with E-state index in [2.05, 4.69) is 27.7 Å². The minimum atomic E-state index is -0.777. The van der Waals surface area contributed by atoms with Gasteiger partial charge in [-0.1, -0.05) is 31.2 Å². The molecule has 3 aromatic rings. The molecule has 2 N–H and O–H groups in total. The van der Waals surface area contributed by atoms with Gasteiger partial charge < -0.3 is 10.1 Å². The van der Waals surface area contributed by atoms with Crippen molar-refractivity contribution in [1.29, 1.82) is 0 Å². The van der Waals surface area contributed by atoms with Crippen LogP contribution in [0.5, 0.6) is 0 Å². The van der Waals surface area contributed by atoms with Gasteiger partial charge in [-0.05, 0) is 36.1 Å². The molecule has 1 fully saturated rings. The number of hydrogen-bond donors (Lipinski definition) is 2. The lowest BCUT2D eigenvalue weighted by Crippen LogP contribution is -2.33. The van der Waals surface area contributed by atoms with Gasteiger partial charge in [-0.3, -0.25) is 9.69 Å². The summed E-state index contributed by atoms with van der Waals surface area (Å²) in [6, 6.07) is 9.31. The van der Waals surface area contributed by atoms with Crippen LogP contribution in [-0.2, 0) is 16.0 Å². The zero-order chi connectivity index (χ0) is 24.2. The van der Waals surface area contributed by atoms with Crippen LogP contribution in [0, 0.1) is 11.6 Å². The van der Waals surface area contributed by atoms with E-state index in [1.807, 2.05) is 12.1 Å². The molecule has 2 heterocycles. The lowest BCUT2D eigenvalue weighted by Gasteiger charge is -2.15. The van der Waals surface area contributed by atoms with Crippen molar-refractivity contribution in [3.8, 4) is 11.1 Å². The number of aromatic amines is 1. The highest BCUT2D eigenvalue weighted by Crippen LogP contribution is 2.32. The third-order valence-corrected chi connectivity index (χ3v) is 5.84. The average Bonchev–Trinajstić information content (AvgIpc) is 3.46. The number of aromatic nitrogens is 3. The first-order valence-electron chi connectivity index (χ1n) is 11.0. The van der Waals surface area contributed by atoms with Crippen LogP contribution in [0.15, 0.2) is 42.6 Å². The number of benzene rings is 2. The zero-order valence-corrected chi connectivity index (χ0v) is 18.8. The maximum absolute atomic E-state index is 14.9. The molecule has 1 unspecified atom stereocenters. The van der Waals surface area contributed by atoms with E-state index in [1.165, 1.54) is 6.92 Å². The van der Waals surface area contributed by atoms with Gasteiger partial charge in [0.05, 0.1) is 36.2 Å². The first-order valence-corrected chi connectivity index (χ1v) is 11.0. The SMILES string of the molecule is CC(=O)NC[C@H]1CN(c2cc(F)c(-c3ccc(CCC(C)c4cn[nH]n4)cc3)c(F)c2)C(=O)O1. The smallest absolute Gasteiger partial charge is 0.414 e. The van der Waals surface area contributed by atoms with Crippen LogP contribution in [-0.4, -0.2) is 46.6 Å². The Morgan fingerprint density at radius 2 is 1.97 bits per heavy atom. The number of H-pyrrole nitrogens is 1. The molecule has 0 aliphatic carbocycles. The van der Waals surface area contributed by atoms with E-state index in [9.17, 15) is 18.4 Å². The minimum absolute atomic E-state index is 0.0625. The summed E-state index contributed by atoms with van der Waals surface area (Å²) < 4.78 is 35.1. The maximum atomic E-state index is 14.9. The molecule has 0 spiro atoms. The summed E-state index contributed by atoms with van der Waals surface area (Å²) in [5.74, 6) is -1.58. The van der Waals surface area contributed by atoms with Crippen molar-refractivity contribution >= 4 is 17.7 Å². The number of nitrogens with one attached hydrogen (secondary N) is 2. The predicted octanol–water partition coefficient (Wildman–Crippen LogP) is 3.95. The van der Waals surface area contributed by atoms with Gasteiger partial charge in [-0.2, -0.15) is 15.4 Å². The molecule has 0 saturated carbocycles. The number of hydrogen-bond acceptors (Lipinski definition) is 5. The van der Waals surface area contributed by atoms with E-state index in [0.717, 1.165) is 41.1 Å². The zero-order valence-electron chi connectivity index (χ0n) is 18.8. The predicted molar refractivity (Wildman–Crippen MR) is 121 cm³/mol. The molecule has 0 radical (unpaired) electrons. The van der Waals surface area contributed by atoms with Crippen LogP contribution in [0.2, 0.25) is 0 Å². The van der Waals surface area contributed by atoms with Crippen LogP contribution in [0.1, 0.15) is 37.4 Å². The van der Waals surface area contributed by atoms with Crippen molar-refractivity contribution in [3.63, 3.8) is 0 Å². The standard InChI is InChI=1S/C24H25F2N5O3/c1-14(22-12-28-30-29-22)3-4-16-5-7-17(8-6-16)23-20(25)9-18(10-21(23)26)31-13-19(34-24(31)33)11-27-15(2)32/h5-10,12,14,19H,3-4,11,13H2,1-2H3,(H,27,32)(H,28,29,30)/t14?,19-/m0/s1. The largest absolute Gasteiger partial charge is 0.442 e. The number of halogens is 2. The quantitative estimate of drug-likeness (QED) is 0.520. The van der Waals surface area contributed by atoms with Crippen LogP contribution in [0.4, 0.5) is 19.3 Å². The van der Waals surface area contributed by atoms with Crippen molar-refractivity contribution in [3.05, 3.63) is 65.5 Å². The Bertz CT molecular complexity index is 1140. The number of rotatable bonds is 8. The summed E-state index contributed by atoms with van der Waals surface area (Å²) in [4.78, 5) is 24.4. The lowest BCUT2D eigenvalue weighted by atomic mass is 9.96. The molecule has 10 heteroatoms. The van der Waals surface area contributed by atoms with Gasteiger partial charge >= 0.3 is 6.09 Å². The van der Waals surface area contributed by atoms with Gasteiger partial charge in [-0.15, -0.1) is 0 Å². The minimum Gasteiger partial charge on any atom is -0.442 e. The molecule has 1 aliphatic heterocycles. The third-order valence-electron chi connectivity index (χ3n) is 5.84. The molecule has 1 aliphatic rings. The highest BCUT2D eigenvalue weighted by molar-refractivity contribution is 5.90. The number of cyclic esters (lactones) is 1. The van der Waals surface area contributed by atoms with Crippen LogP contribution in [0.25, 0.3) is 11.1 Å². The van der Waals surface area contributed by atoms with E-state index in [1.54, 1.807) is 18.3 Å². The number of amides is 2. The van der Waals surface area contributed by atoms with E-state index < -0.39 is 23.8 Å².